The first-order chi connectivity index (χ1) is 7.20. The molecule has 0 aliphatic carbocycles. The van der Waals surface area contributed by atoms with E-state index in [0.29, 0.717) is 0 Å². The van der Waals surface area contributed by atoms with Gasteiger partial charge in [-0.3, -0.25) is 4.79 Å². The van der Waals surface area contributed by atoms with Crippen LogP contribution in [-0.2, 0) is 0 Å². The summed E-state index contributed by atoms with van der Waals surface area (Å²) in [5.41, 5.74) is -0.344. The maximum absolute atomic E-state index is 12.0. The first-order valence-corrected chi connectivity index (χ1v) is 4.72. The Hall–Kier alpha value is -0.940. The normalized spacial score (nSPS) is 11.4. The van der Waals surface area contributed by atoms with Crippen LogP contribution in [0.4, 0.5) is 13.2 Å². The predicted molar refractivity (Wildman–Crippen MR) is 53.1 cm³/mol. The van der Waals surface area contributed by atoms with Gasteiger partial charge in [0.2, 0.25) is 0 Å². The maximum atomic E-state index is 12.0. The molecule has 0 atom stereocenters. The molecule has 0 unspecified atom stereocenters. The molecule has 0 bridgehead atoms. The molecule has 7 heteroatoms. The number of ketones is 1. The van der Waals surface area contributed by atoms with E-state index in [1.165, 1.54) is 6.07 Å². The van der Waals surface area contributed by atoms with Crippen LogP contribution in [0.25, 0.3) is 0 Å². The molecule has 0 aromatic heterocycles. The van der Waals surface area contributed by atoms with Crippen LogP contribution in [0.3, 0.4) is 0 Å². The number of hydrogen-bond donors (Lipinski definition) is 0. The van der Waals surface area contributed by atoms with Crippen LogP contribution in [0.5, 0.6) is 5.75 Å². The lowest BCUT2D eigenvalue weighted by Crippen LogP contribution is -2.19. The minimum absolute atomic E-state index is 0.0470. The molecule has 16 heavy (non-hydrogen) atoms. The fourth-order valence-electron chi connectivity index (χ4n) is 1.10. The van der Waals surface area contributed by atoms with Crippen molar-refractivity contribution in [3.63, 3.8) is 0 Å². The number of halogens is 5. The van der Waals surface area contributed by atoms with E-state index in [1.807, 2.05) is 0 Å². The topological polar surface area (TPSA) is 26.3 Å². The Kier molecular flexibility index (Phi) is 3.70. The Balaban J connectivity index is 3.30. The molecule has 0 amide bonds. The summed E-state index contributed by atoms with van der Waals surface area (Å²) in [6.07, 6.45) is -4.90. The highest BCUT2D eigenvalue weighted by Crippen LogP contribution is 2.34. The third kappa shape index (κ3) is 3.28. The predicted octanol–water partition coefficient (Wildman–Crippen LogP) is 4.09. The molecule has 0 aliphatic heterocycles. The largest absolute Gasteiger partial charge is 0.573 e. The molecule has 0 saturated heterocycles. The summed E-state index contributed by atoms with van der Waals surface area (Å²) in [6.45, 7) is 1.08. The molecule has 0 N–H and O–H groups in total. The molecule has 0 fully saturated rings. The second-order valence-electron chi connectivity index (χ2n) is 2.86. The van der Waals surface area contributed by atoms with Crippen molar-refractivity contribution in [3.05, 3.63) is 27.7 Å². The molecule has 0 spiro atoms. The smallest absolute Gasteiger partial charge is 0.405 e. The van der Waals surface area contributed by atoms with Gasteiger partial charge in [0.15, 0.2) is 5.78 Å². The fraction of sp³-hybridized carbons (Fsp3) is 0.222. The van der Waals surface area contributed by atoms with Gasteiger partial charge in [0.1, 0.15) is 5.75 Å². The average Bonchev–Trinajstić information content (AvgIpc) is 1.96. The highest BCUT2D eigenvalue weighted by atomic mass is 35.5. The van der Waals surface area contributed by atoms with Crippen molar-refractivity contribution in [2.45, 2.75) is 13.3 Å². The van der Waals surface area contributed by atoms with Gasteiger partial charge in [0.25, 0.3) is 0 Å². The van der Waals surface area contributed by atoms with E-state index >= 15 is 0 Å². The molecular formula is C9H5Cl2F3O2. The molecule has 88 valence electrons. The number of alkyl halides is 3. The van der Waals surface area contributed by atoms with E-state index in [0.717, 1.165) is 13.0 Å². The Bertz CT molecular complexity index is 429. The first kappa shape index (κ1) is 13.1. The van der Waals surface area contributed by atoms with Crippen LogP contribution in [0.15, 0.2) is 12.1 Å². The van der Waals surface area contributed by atoms with Gasteiger partial charge in [-0.25, -0.2) is 0 Å². The van der Waals surface area contributed by atoms with Crippen LogP contribution >= 0.6 is 23.2 Å². The van der Waals surface area contributed by atoms with Crippen molar-refractivity contribution < 1.29 is 22.7 Å². The van der Waals surface area contributed by atoms with Crippen molar-refractivity contribution in [3.8, 4) is 5.75 Å². The van der Waals surface area contributed by atoms with Crippen molar-refractivity contribution in [1.82, 2.24) is 0 Å². The third-order valence-electron chi connectivity index (χ3n) is 1.60. The Morgan fingerprint density at radius 1 is 1.31 bits per heavy atom. The van der Waals surface area contributed by atoms with E-state index in [4.69, 9.17) is 23.2 Å². The van der Waals surface area contributed by atoms with Crippen LogP contribution < -0.4 is 4.74 Å². The van der Waals surface area contributed by atoms with Crippen LogP contribution in [0, 0.1) is 0 Å². The molecular weight excluding hydrogens is 268 g/mol. The van der Waals surface area contributed by atoms with Gasteiger partial charge in [-0.1, -0.05) is 23.2 Å². The molecule has 1 aromatic carbocycles. The summed E-state index contributed by atoms with van der Waals surface area (Å²) in [6, 6.07) is 2.06. The lowest BCUT2D eigenvalue weighted by molar-refractivity contribution is -0.274. The van der Waals surface area contributed by atoms with Gasteiger partial charge in [0, 0.05) is 5.02 Å². The van der Waals surface area contributed by atoms with Crippen LogP contribution in [0.2, 0.25) is 10.0 Å². The third-order valence-corrected chi connectivity index (χ3v) is 2.11. The molecule has 0 saturated carbocycles. The number of Topliss-reactive ketones (excluding diaryl/α,β-unsaturated/α-hetero) is 1. The quantitative estimate of drug-likeness (QED) is 0.758. The van der Waals surface area contributed by atoms with E-state index in [-0.39, 0.29) is 15.6 Å². The molecule has 1 aromatic rings. The highest BCUT2D eigenvalue weighted by molar-refractivity contribution is 6.37. The monoisotopic (exact) mass is 272 g/mol. The fourth-order valence-corrected chi connectivity index (χ4v) is 1.70. The molecule has 2 nitrogen and oxygen atoms in total. The SMILES string of the molecule is CC(=O)c1c(Cl)cc(Cl)cc1OC(F)(F)F. The maximum Gasteiger partial charge on any atom is 0.573 e. The summed E-state index contributed by atoms with van der Waals surface area (Å²) < 4.78 is 39.8. The van der Waals surface area contributed by atoms with Gasteiger partial charge in [0.05, 0.1) is 10.6 Å². The van der Waals surface area contributed by atoms with E-state index in [2.05, 4.69) is 4.74 Å². The zero-order valence-corrected chi connectivity index (χ0v) is 9.37. The number of carbonyl (C=O) groups excluding carboxylic acids is 1. The van der Waals surface area contributed by atoms with Crippen molar-refractivity contribution in [2.24, 2.45) is 0 Å². The lowest BCUT2D eigenvalue weighted by atomic mass is 10.1. The minimum atomic E-state index is -4.90. The summed E-state index contributed by atoms with van der Waals surface area (Å²) in [7, 11) is 0. The van der Waals surface area contributed by atoms with Crippen molar-refractivity contribution >= 4 is 29.0 Å². The molecule has 0 aliphatic rings. The molecule has 0 radical (unpaired) electrons. The lowest BCUT2D eigenvalue weighted by Gasteiger charge is -2.13. The standard InChI is InChI=1S/C9H5Cl2F3O2/c1-4(15)8-6(11)2-5(10)3-7(8)16-9(12,13)14/h2-3H,1H3. The first-order valence-electron chi connectivity index (χ1n) is 3.96. The van der Waals surface area contributed by atoms with Gasteiger partial charge in [-0.05, 0) is 19.1 Å². The van der Waals surface area contributed by atoms with Gasteiger partial charge in [-0.15, -0.1) is 13.2 Å². The Morgan fingerprint density at radius 3 is 2.31 bits per heavy atom. The van der Waals surface area contributed by atoms with E-state index in [9.17, 15) is 18.0 Å². The minimum Gasteiger partial charge on any atom is -0.405 e. The summed E-state index contributed by atoms with van der Waals surface area (Å²) in [5.74, 6) is -1.33. The van der Waals surface area contributed by atoms with Crippen molar-refractivity contribution in [1.29, 1.82) is 0 Å². The Labute approximate surface area is 98.9 Å². The number of hydrogen-bond acceptors (Lipinski definition) is 2. The molecule has 1 rings (SSSR count). The summed E-state index contributed by atoms with van der Waals surface area (Å²) in [5, 5.41) is -0.228. The van der Waals surface area contributed by atoms with Crippen molar-refractivity contribution in [2.75, 3.05) is 0 Å². The number of ether oxygens (including phenoxy) is 1. The van der Waals surface area contributed by atoms with E-state index < -0.39 is 17.9 Å². The number of carbonyl (C=O) groups is 1. The second-order valence-corrected chi connectivity index (χ2v) is 3.71. The second kappa shape index (κ2) is 4.51. The van der Waals surface area contributed by atoms with E-state index in [1.54, 1.807) is 0 Å². The zero-order chi connectivity index (χ0) is 12.5. The Morgan fingerprint density at radius 2 is 1.88 bits per heavy atom. The van der Waals surface area contributed by atoms with Crippen LogP contribution in [0.1, 0.15) is 17.3 Å². The summed E-state index contributed by atoms with van der Waals surface area (Å²) >= 11 is 11.1. The highest BCUT2D eigenvalue weighted by Gasteiger charge is 2.33. The molecule has 0 heterocycles. The number of rotatable bonds is 2. The van der Waals surface area contributed by atoms with Gasteiger partial charge < -0.3 is 4.74 Å². The zero-order valence-electron chi connectivity index (χ0n) is 7.86. The van der Waals surface area contributed by atoms with Gasteiger partial charge in [-0.2, -0.15) is 0 Å². The number of benzene rings is 1. The van der Waals surface area contributed by atoms with Gasteiger partial charge >= 0.3 is 6.36 Å². The average molecular weight is 273 g/mol. The summed E-state index contributed by atoms with van der Waals surface area (Å²) in [4.78, 5) is 11.1. The van der Waals surface area contributed by atoms with Crippen LogP contribution in [-0.4, -0.2) is 12.1 Å².